The zero-order valence-corrected chi connectivity index (χ0v) is 15.5. The van der Waals surface area contributed by atoms with Crippen LogP contribution in [0.2, 0.25) is 0 Å². The van der Waals surface area contributed by atoms with E-state index in [4.69, 9.17) is 9.47 Å². The number of nitrogens with one attached hydrogen (secondary N) is 1. The molecule has 0 unspecified atom stereocenters. The minimum atomic E-state index is -0.416. The molecule has 1 amide bonds. The Morgan fingerprint density at radius 1 is 1.23 bits per heavy atom. The third-order valence-electron chi connectivity index (χ3n) is 4.56. The highest BCUT2D eigenvalue weighted by molar-refractivity contribution is 5.91. The van der Waals surface area contributed by atoms with Crippen molar-refractivity contribution in [3.05, 3.63) is 29.3 Å². The Morgan fingerprint density at radius 3 is 2.54 bits per heavy atom. The summed E-state index contributed by atoms with van der Waals surface area (Å²) in [4.78, 5) is 37.6. The van der Waals surface area contributed by atoms with Crippen LogP contribution in [-0.4, -0.2) is 56.1 Å². The SMILES string of the molecule is CCOC(=O)C1CCN(C(=O)CNc2cc(C(=O)OC)ccc2C)CC1. The minimum absolute atomic E-state index is 0.0322. The predicted octanol–water partition coefficient (Wildman–Crippen LogP) is 2.00. The molecule has 1 aliphatic heterocycles. The molecule has 1 aliphatic rings. The van der Waals surface area contributed by atoms with Gasteiger partial charge in [0.2, 0.25) is 5.91 Å². The van der Waals surface area contributed by atoms with Crippen molar-refractivity contribution >= 4 is 23.5 Å². The Labute approximate surface area is 153 Å². The van der Waals surface area contributed by atoms with Crippen molar-refractivity contribution < 1.29 is 23.9 Å². The van der Waals surface area contributed by atoms with Crippen LogP contribution in [0.4, 0.5) is 5.69 Å². The zero-order valence-electron chi connectivity index (χ0n) is 15.5. The summed E-state index contributed by atoms with van der Waals surface area (Å²) in [5.41, 5.74) is 2.09. The lowest BCUT2D eigenvalue weighted by molar-refractivity contribution is -0.151. The molecule has 2 rings (SSSR count). The van der Waals surface area contributed by atoms with Gasteiger partial charge in [0, 0.05) is 18.8 Å². The smallest absolute Gasteiger partial charge is 0.337 e. The van der Waals surface area contributed by atoms with Gasteiger partial charge in [0.25, 0.3) is 0 Å². The molecule has 1 N–H and O–H groups in total. The third kappa shape index (κ3) is 4.97. The van der Waals surface area contributed by atoms with E-state index in [1.165, 1.54) is 7.11 Å². The van der Waals surface area contributed by atoms with E-state index >= 15 is 0 Å². The maximum absolute atomic E-state index is 12.4. The molecule has 26 heavy (non-hydrogen) atoms. The standard InChI is InChI=1S/C19H26N2O5/c1-4-26-19(24)14-7-9-21(10-8-14)17(22)12-20-16-11-15(18(23)25-3)6-5-13(16)2/h5-6,11,14,20H,4,7-10,12H2,1-3H3. The van der Waals surface area contributed by atoms with Gasteiger partial charge in [-0.15, -0.1) is 0 Å². The Hall–Kier alpha value is -2.57. The molecule has 1 aromatic rings. The molecule has 0 spiro atoms. The molecule has 0 aliphatic carbocycles. The van der Waals surface area contributed by atoms with Gasteiger partial charge in [-0.1, -0.05) is 6.07 Å². The number of nitrogens with zero attached hydrogens (tertiary/aromatic N) is 1. The number of rotatable bonds is 6. The summed E-state index contributed by atoms with van der Waals surface area (Å²) in [5, 5.41) is 3.09. The number of anilines is 1. The maximum atomic E-state index is 12.4. The Bertz CT molecular complexity index is 666. The van der Waals surface area contributed by atoms with Crippen LogP contribution in [0, 0.1) is 12.8 Å². The van der Waals surface area contributed by atoms with E-state index in [1.54, 1.807) is 24.0 Å². The number of methoxy groups -OCH3 is 1. The number of hydrogen-bond acceptors (Lipinski definition) is 6. The molecule has 142 valence electrons. The highest BCUT2D eigenvalue weighted by atomic mass is 16.5. The molecule has 7 heteroatoms. The second-order valence-electron chi connectivity index (χ2n) is 6.28. The monoisotopic (exact) mass is 362 g/mol. The van der Waals surface area contributed by atoms with Gasteiger partial charge in [-0.05, 0) is 44.4 Å². The third-order valence-corrected chi connectivity index (χ3v) is 4.56. The molecule has 0 saturated carbocycles. The maximum Gasteiger partial charge on any atom is 0.337 e. The fourth-order valence-corrected chi connectivity index (χ4v) is 2.96. The lowest BCUT2D eigenvalue weighted by Gasteiger charge is -2.31. The van der Waals surface area contributed by atoms with Gasteiger partial charge < -0.3 is 19.7 Å². The van der Waals surface area contributed by atoms with Crippen LogP contribution < -0.4 is 5.32 Å². The lowest BCUT2D eigenvalue weighted by atomic mass is 9.97. The number of likely N-dealkylation sites (tertiary alicyclic amines) is 1. The largest absolute Gasteiger partial charge is 0.466 e. The Balaban J connectivity index is 1.88. The molecule has 0 atom stereocenters. The number of carbonyl (C=O) groups excluding carboxylic acids is 3. The second-order valence-corrected chi connectivity index (χ2v) is 6.28. The van der Waals surface area contributed by atoms with Gasteiger partial charge >= 0.3 is 11.9 Å². The molecule has 1 aromatic carbocycles. The molecule has 0 aromatic heterocycles. The molecular formula is C19H26N2O5. The van der Waals surface area contributed by atoms with E-state index in [0.29, 0.717) is 38.1 Å². The highest BCUT2D eigenvalue weighted by Gasteiger charge is 2.28. The average molecular weight is 362 g/mol. The first kappa shape index (κ1) is 19.8. The average Bonchev–Trinajstić information content (AvgIpc) is 2.66. The fraction of sp³-hybridized carbons (Fsp3) is 0.526. The highest BCUT2D eigenvalue weighted by Crippen LogP contribution is 2.20. The van der Waals surface area contributed by atoms with Crippen molar-refractivity contribution in [1.29, 1.82) is 0 Å². The van der Waals surface area contributed by atoms with Gasteiger partial charge in [-0.2, -0.15) is 0 Å². The van der Waals surface area contributed by atoms with Crippen molar-refractivity contribution in [2.45, 2.75) is 26.7 Å². The number of benzene rings is 1. The molecule has 1 saturated heterocycles. The first-order chi connectivity index (χ1) is 12.5. The first-order valence-corrected chi connectivity index (χ1v) is 8.83. The van der Waals surface area contributed by atoms with Crippen LogP contribution in [0.15, 0.2) is 18.2 Å². The summed E-state index contributed by atoms with van der Waals surface area (Å²) in [6.45, 7) is 5.30. The van der Waals surface area contributed by atoms with Crippen LogP contribution >= 0.6 is 0 Å². The van der Waals surface area contributed by atoms with Crippen molar-refractivity contribution in [1.82, 2.24) is 4.90 Å². The number of aryl methyl sites for hydroxylation is 1. The number of carbonyl (C=O) groups is 3. The van der Waals surface area contributed by atoms with Crippen molar-refractivity contribution in [2.24, 2.45) is 5.92 Å². The summed E-state index contributed by atoms with van der Waals surface area (Å²) in [6.07, 6.45) is 1.25. The van der Waals surface area contributed by atoms with Gasteiger partial charge in [0.05, 0.1) is 31.7 Å². The normalized spacial score (nSPS) is 14.7. The second kappa shape index (κ2) is 9.22. The summed E-state index contributed by atoms with van der Waals surface area (Å²) < 4.78 is 9.76. The van der Waals surface area contributed by atoms with Gasteiger partial charge in [-0.3, -0.25) is 9.59 Å². The number of ether oxygens (including phenoxy) is 2. The van der Waals surface area contributed by atoms with Crippen molar-refractivity contribution in [2.75, 3.05) is 38.7 Å². The van der Waals surface area contributed by atoms with Crippen LogP contribution in [0.3, 0.4) is 0 Å². The molecule has 0 bridgehead atoms. The number of amides is 1. The first-order valence-electron chi connectivity index (χ1n) is 8.83. The van der Waals surface area contributed by atoms with E-state index in [2.05, 4.69) is 5.32 Å². The summed E-state index contributed by atoms with van der Waals surface area (Å²) in [5.74, 6) is -0.741. The quantitative estimate of drug-likeness (QED) is 0.779. The molecule has 7 nitrogen and oxygen atoms in total. The molecular weight excluding hydrogens is 336 g/mol. The van der Waals surface area contributed by atoms with E-state index in [0.717, 1.165) is 11.3 Å². The van der Waals surface area contributed by atoms with Crippen LogP contribution in [-0.2, 0) is 19.1 Å². The van der Waals surface area contributed by atoms with Crippen LogP contribution in [0.5, 0.6) is 0 Å². The Kier molecular flexibility index (Phi) is 7.00. The van der Waals surface area contributed by atoms with Crippen molar-refractivity contribution in [3.8, 4) is 0 Å². The van der Waals surface area contributed by atoms with Crippen LogP contribution in [0.1, 0.15) is 35.7 Å². The molecule has 0 radical (unpaired) electrons. The topological polar surface area (TPSA) is 84.9 Å². The van der Waals surface area contributed by atoms with Gasteiger partial charge in [0.1, 0.15) is 0 Å². The Morgan fingerprint density at radius 2 is 1.92 bits per heavy atom. The van der Waals surface area contributed by atoms with E-state index < -0.39 is 5.97 Å². The lowest BCUT2D eigenvalue weighted by Crippen LogP contribution is -2.43. The summed E-state index contributed by atoms with van der Waals surface area (Å²) in [7, 11) is 1.33. The number of piperidine rings is 1. The zero-order chi connectivity index (χ0) is 19.1. The van der Waals surface area contributed by atoms with E-state index in [9.17, 15) is 14.4 Å². The number of hydrogen-bond donors (Lipinski definition) is 1. The van der Waals surface area contributed by atoms with Gasteiger partial charge in [-0.25, -0.2) is 4.79 Å². The van der Waals surface area contributed by atoms with Gasteiger partial charge in [0.15, 0.2) is 0 Å². The number of esters is 2. The fourth-order valence-electron chi connectivity index (χ4n) is 2.96. The predicted molar refractivity (Wildman–Crippen MR) is 96.9 cm³/mol. The summed E-state index contributed by atoms with van der Waals surface area (Å²) >= 11 is 0. The van der Waals surface area contributed by atoms with E-state index in [-0.39, 0.29) is 24.3 Å². The molecule has 1 fully saturated rings. The van der Waals surface area contributed by atoms with Crippen LogP contribution in [0.25, 0.3) is 0 Å². The van der Waals surface area contributed by atoms with E-state index in [1.807, 2.05) is 13.0 Å². The molecule has 1 heterocycles. The minimum Gasteiger partial charge on any atom is -0.466 e. The van der Waals surface area contributed by atoms with Crippen molar-refractivity contribution in [3.63, 3.8) is 0 Å². The summed E-state index contributed by atoms with van der Waals surface area (Å²) in [6, 6.07) is 5.18.